The van der Waals surface area contributed by atoms with Crippen LogP contribution >= 0.6 is 0 Å². The first-order valence-electron chi connectivity index (χ1n) is 11.1. The SMILES string of the molecule is O=C(O)c1ccc2c(c1)Cc1c-2[nH]c2c(F)c(-c3ccc(N4CCCCC4)cc3)ccc12. The Morgan fingerprint density at radius 2 is 1.69 bits per heavy atom. The number of anilines is 1. The van der Waals surface area contributed by atoms with E-state index >= 15 is 4.39 Å². The Morgan fingerprint density at radius 1 is 0.938 bits per heavy atom. The Kier molecular flexibility index (Phi) is 4.32. The van der Waals surface area contributed by atoms with Crippen molar-refractivity contribution in [2.75, 3.05) is 18.0 Å². The Bertz CT molecular complexity index is 1360. The van der Waals surface area contributed by atoms with Gasteiger partial charge < -0.3 is 15.0 Å². The predicted molar refractivity (Wildman–Crippen MR) is 125 cm³/mol. The fourth-order valence-electron chi connectivity index (χ4n) is 5.23. The summed E-state index contributed by atoms with van der Waals surface area (Å²) >= 11 is 0. The number of halogens is 1. The van der Waals surface area contributed by atoms with Crippen molar-refractivity contribution >= 4 is 22.6 Å². The summed E-state index contributed by atoms with van der Waals surface area (Å²) in [7, 11) is 0. The number of hydrogen-bond donors (Lipinski definition) is 2. The zero-order valence-corrected chi connectivity index (χ0v) is 17.6. The van der Waals surface area contributed by atoms with Gasteiger partial charge in [0.25, 0.3) is 0 Å². The van der Waals surface area contributed by atoms with Gasteiger partial charge in [0, 0.05) is 41.7 Å². The second-order valence-corrected chi connectivity index (χ2v) is 8.78. The van der Waals surface area contributed by atoms with Crippen LogP contribution < -0.4 is 4.90 Å². The molecule has 2 aliphatic rings. The molecule has 0 bridgehead atoms. The minimum atomic E-state index is -0.935. The van der Waals surface area contributed by atoms with E-state index in [4.69, 9.17) is 0 Å². The topological polar surface area (TPSA) is 56.3 Å². The van der Waals surface area contributed by atoms with E-state index < -0.39 is 5.97 Å². The standard InChI is InChI=1S/C27H23FN2O2/c28-24-20(16-4-7-19(8-5-16)30-12-2-1-3-13-30)10-11-22-23-15-18-14-17(27(31)32)6-9-21(18)25(23)29-26(22)24/h4-11,14,29H,1-3,12-13,15H2,(H,31,32). The van der Waals surface area contributed by atoms with Gasteiger partial charge in [-0.2, -0.15) is 0 Å². The number of benzene rings is 3. The summed E-state index contributed by atoms with van der Waals surface area (Å²) in [5.41, 5.74) is 7.28. The lowest BCUT2D eigenvalue weighted by atomic mass is 10.0. The third kappa shape index (κ3) is 2.92. The number of piperidine rings is 1. The Balaban J connectivity index is 1.37. The van der Waals surface area contributed by atoms with Crippen LogP contribution in [-0.4, -0.2) is 29.1 Å². The van der Waals surface area contributed by atoms with Crippen LogP contribution in [-0.2, 0) is 6.42 Å². The molecular weight excluding hydrogens is 403 g/mol. The molecule has 1 aromatic heterocycles. The molecule has 1 fully saturated rings. The van der Waals surface area contributed by atoms with E-state index in [0.717, 1.165) is 46.4 Å². The van der Waals surface area contributed by atoms with E-state index in [9.17, 15) is 9.90 Å². The summed E-state index contributed by atoms with van der Waals surface area (Å²) in [5, 5.41) is 10.1. The highest BCUT2D eigenvalue weighted by atomic mass is 19.1. The third-order valence-electron chi connectivity index (χ3n) is 6.91. The van der Waals surface area contributed by atoms with Crippen LogP contribution in [0, 0.1) is 5.82 Å². The number of rotatable bonds is 3. The number of H-pyrrole nitrogens is 1. The molecule has 160 valence electrons. The molecule has 1 aliphatic carbocycles. The van der Waals surface area contributed by atoms with Gasteiger partial charge >= 0.3 is 5.97 Å². The average Bonchev–Trinajstić information content (AvgIpc) is 3.36. The van der Waals surface area contributed by atoms with Crippen molar-refractivity contribution in [1.29, 1.82) is 0 Å². The molecular formula is C27H23FN2O2. The highest BCUT2D eigenvalue weighted by Crippen LogP contribution is 2.42. The molecule has 4 aromatic rings. The van der Waals surface area contributed by atoms with Crippen LogP contribution in [0.2, 0.25) is 0 Å². The van der Waals surface area contributed by atoms with E-state index in [1.165, 1.54) is 24.9 Å². The highest BCUT2D eigenvalue weighted by Gasteiger charge is 2.26. The number of carboxylic acid groups (broad SMARTS) is 1. The molecule has 1 saturated heterocycles. The maximum Gasteiger partial charge on any atom is 0.335 e. The first kappa shape index (κ1) is 19.1. The molecule has 4 nitrogen and oxygen atoms in total. The summed E-state index contributed by atoms with van der Waals surface area (Å²) < 4.78 is 15.6. The molecule has 0 amide bonds. The molecule has 1 aliphatic heterocycles. The third-order valence-corrected chi connectivity index (χ3v) is 6.91. The number of aromatic carboxylic acids is 1. The van der Waals surface area contributed by atoms with Gasteiger partial charge in [-0.25, -0.2) is 9.18 Å². The van der Waals surface area contributed by atoms with E-state index in [-0.39, 0.29) is 11.4 Å². The van der Waals surface area contributed by atoms with Gasteiger partial charge in [0.05, 0.1) is 16.8 Å². The number of nitrogens with one attached hydrogen (secondary N) is 1. The number of carbonyl (C=O) groups is 1. The molecule has 3 aromatic carbocycles. The lowest BCUT2D eigenvalue weighted by molar-refractivity contribution is 0.0697. The van der Waals surface area contributed by atoms with Crippen LogP contribution in [0.4, 0.5) is 10.1 Å². The molecule has 0 unspecified atom stereocenters. The Morgan fingerprint density at radius 3 is 2.44 bits per heavy atom. The zero-order chi connectivity index (χ0) is 21.8. The van der Waals surface area contributed by atoms with Crippen molar-refractivity contribution in [2.24, 2.45) is 0 Å². The molecule has 0 radical (unpaired) electrons. The largest absolute Gasteiger partial charge is 0.478 e. The van der Waals surface area contributed by atoms with Gasteiger partial charge in [0.1, 0.15) is 0 Å². The molecule has 0 spiro atoms. The lowest BCUT2D eigenvalue weighted by Gasteiger charge is -2.28. The maximum absolute atomic E-state index is 15.6. The van der Waals surface area contributed by atoms with Crippen molar-refractivity contribution in [3.05, 3.63) is 77.1 Å². The fourth-order valence-corrected chi connectivity index (χ4v) is 5.23. The number of fused-ring (bicyclic) bond motifs is 5. The summed E-state index contributed by atoms with van der Waals surface area (Å²) in [6, 6.07) is 17.2. The van der Waals surface area contributed by atoms with Gasteiger partial charge in [-0.1, -0.05) is 30.3 Å². The number of aromatic amines is 1. The van der Waals surface area contributed by atoms with Crippen LogP contribution in [0.3, 0.4) is 0 Å². The Hall–Kier alpha value is -3.60. The molecule has 6 rings (SSSR count). The van der Waals surface area contributed by atoms with Crippen LogP contribution in [0.15, 0.2) is 54.6 Å². The number of aromatic nitrogens is 1. The van der Waals surface area contributed by atoms with E-state index in [1.807, 2.05) is 30.3 Å². The van der Waals surface area contributed by atoms with Gasteiger partial charge in [0.15, 0.2) is 5.82 Å². The van der Waals surface area contributed by atoms with E-state index in [0.29, 0.717) is 17.5 Å². The minimum absolute atomic E-state index is 0.244. The van der Waals surface area contributed by atoms with Crippen molar-refractivity contribution in [3.63, 3.8) is 0 Å². The zero-order valence-electron chi connectivity index (χ0n) is 17.6. The molecule has 32 heavy (non-hydrogen) atoms. The van der Waals surface area contributed by atoms with Crippen molar-refractivity contribution in [3.8, 4) is 22.4 Å². The van der Waals surface area contributed by atoms with Crippen LogP contribution in [0.1, 0.15) is 40.7 Å². The second kappa shape index (κ2) is 7.23. The fraction of sp³-hybridized carbons (Fsp3) is 0.222. The predicted octanol–water partition coefficient (Wildman–Crippen LogP) is 6.23. The summed E-state index contributed by atoms with van der Waals surface area (Å²) in [6.07, 6.45) is 4.36. The minimum Gasteiger partial charge on any atom is -0.478 e. The average molecular weight is 426 g/mol. The van der Waals surface area contributed by atoms with E-state index in [2.05, 4.69) is 22.0 Å². The van der Waals surface area contributed by atoms with Gasteiger partial charge in [-0.15, -0.1) is 0 Å². The Labute approximate surface area is 185 Å². The lowest BCUT2D eigenvalue weighted by Crippen LogP contribution is -2.29. The molecule has 5 heteroatoms. The second-order valence-electron chi connectivity index (χ2n) is 8.78. The first-order chi connectivity index (χ1) is 15.6. The summed E-state index contributed by atoms with van der Waals surface area (Å²) in [4.78, 5) is 17.0. The molecule has 2 heterocycles. The van der Waals surface area contributed by atoms with E-state index in [1.54, 1.807) is 12.1 Å². The van der Waals surface area contributed by atoms with Crippen molar-refractivity contribution in [1.82, 2.24) is 4.98 Å². The monoisotopic (exact) mass is 426 g/mol. The van der Waals surface area contributed by atoms with Gasteiger partial charge in [-0.3, -0.25) is 0 Å². The number of hydrogen-bond acceptors (Lipinski definition) is 2. The number of nitrogens with zero attached hydrogens (tertiary/aromatic N) is 1. The summed E-state index contributed by atoms with van der Waals surface area (Å²) in [6.45, 7) is 2.17. The van der Waals surface area contributed by atoms with Crippen LogP contribution in [0.25, 0.3) is 33.3 Å². The highest BCUT2D eigenvalue weighted by molar-refractivity contribution is 5.98. The van der Waals surface area contributed by atoms with Gasteiger partial charge in [-0.05, 0) is 60.2 Å². The molecule has 0 saturated carbocycles. The maximum atomic E-state index is 15.6. The molecule has 2 N–H and O–H groups in total. The normalized spacial score (nSPS) is 15.1. The molecule has 0 atom stereocenters. The van der Waals surface area contributed by atoms with Crippen molar-refractivity contribution in [2.45, 2.75) is 25.7 Å². The van der Waals surface area contributed by atoms with Gasteiger partial charge in [0.2, 0.25) is 0 Å². The smallest absolute Gasteiger partial charge is 0.335 e. The number of carboxylic acids is 1. The van der Waals surface area contributed by atoms with Crippen molar-refractivity contribution < 1.29 is 14.3 Å². The summed E-state index contributed by atoms with van der Waals surface area (Å²) in [5.74, 6) is -1.18. The van der Waals surface area contributed by atoms with Crippen LogP contribution in [0.5, 0.6) is 0 Å². The quantitative estimate of drug-likeness (QED) is 0.359. The first-order valence-corrected chi connectivity index (χ1v) is 11.1.